The summed E-state index contributed by atoms with van der Waals surface area (Å²) in [6.07, 6.45) is 2.64. The van der Waals surface area contributed by atoms with Gasteiger partial charge in [-0.1, -0.05) is 5.16 Å². The molecular formula is C13H13N5O. The van der Waals surface area contributed by atoms with Crippen LogP contribution in [0.25, 0.3) is 0 Å². The lowest BCUT2D eigenvalue weighted by Gasteiger charge is -2.17. The predicted molar refractivity (Wildman–Crippen MR) is 67.6 cm³/mol. The molecule has 0 unspecified atom stereocenters. The Labute approximate surface area is 110 Å². The molecule has 0 bridgehead atoms. The largest absolute Gasteiger partial charge is 0.355 e. The Morgan fingerprint density at radius 1 is 1.53 bits per heavy atom. The molecule has 1 aliphatic heterocycles. The molecule has 1 aliphatic rings. The molecule has 0 amide bonds. The molecule has 0 radical (unpaired) electrons. The van der Waals surface area contributed by atoms with E-state index in [0.717, 1.165) is 25.3 Å². The van der Waals surface area contributed by atoms with Gasteiger partial charge in [0.25, 0.3) is 0 Å². The van der Waals surface area contributed by atoms with Gasteiger partial charge in [0, 0.05) is 19.3 Å². The number of hydrogen-bond donors (Lipinski definition) is 0. The third-order valence-electron chi connectivity index (χ3n) is 3.29. The fourth-order valence-corrected chi connectivity index (χ4v) is 2.37. The van der Waals surface area contributed by atoms with E-state index in [9.17, 15) is 0 Å². The van der Waals surface area contributed by atoms with Crippen LogP contribution in [-0.4, -0.2) is 28.2 Å². The average Bonchev–Trinajstić information content (AvgIpc) is 3.07. The van der Waals surface area contributed by atoms with Gasteiger partial charge in [0.2, 0.25) is 5.89 Å². The Balaban J connectivity index is 1.81. The lowest BCUT2D eigenvalue weighted by Crippen LogP contribution is -2.21. The summed E-state index contributed by atoms with van der Waals surface area (Å²) in [6, 6.07) is 5.73. The molecular weight excluding hydrogens is 242 g/mol. The number of anilines is 1. The van der Waals surface area contributed by atoms with Crippen LogP contribution in [0.1, 0.15) is 29.6 Å². The van der Waals surface area contributed by atoms with Crippen molar-refractivity contribution < 1.29 is 4.52 Å². The summed E-state index contributed by atoms with van der Waals surface area (Å²) in [5, 5.41) is 12.9. The summed E-state index contributed by atoms with van der Waals surface area (Å²) >= 11 is 0. The van der Waals surface area contributed by atoms with Crippen molar-refractivity contribution in [3.05, 3.63) is 35.6 Å². The smallest absolute Gasteiger partial charge is 0.231 e. The first-order valence-corrected chi connectivity index (χ1v) is 6.18. The molecule has 3 heterocycles. The van der Waals surface area contributed by atoms with Crippen LogP contribution in [0.2, 0.25) is 0 Å². The Morgan fingerprint density at radius 2 is 2.42 bits per heavy atom. The lowest BCUT2D eigenvalue weighted by atomic mass is 10.1. The van der Waals surface area contributed by atoms with Gasteiger partial charge >= 0.3 is 0 Å². The minimum atomic E-state index is 0.217. The van der Waals surface area contributed by atoms with Gasteiger partial charge in [0.05, 0.1) is 11.5 Å². The molecule has 0 saturated carbocycles. The fraction of sp³-hybridized carbons (Fsp3) is 0.385. The zero-order valence-corrected chi connectivity index (χ0v) is 10.6. The topological polar surface area (TPSA) is 78.8 Å². The molecule has 3 rings (SSSR count). The minimum Gasteiger partial charge on any atom is -0.355 e. The van der Waals surface area contributed by atoms with Gasteiger partial charge < -0.3 is 9.42 Å². The zero-order valence-electron chi connectivity index (χ0n) is 10.6. The monoisotopic (exact) mass is 255 g/mol. The Morgan fingerprint density at radius 3 is 3.16 bits per heavy atom. The second kappa shape index (κ2) is 4.69. The van der Waals surface area contributed by atoms with Crippen LogP contribution in [0.15, 0.2) is 22.9 Å². The summed E-state index contributed by atoms with van der Waals surface area (Å²) in [5.74, 6) is 2.29. The second-order valence-electron chi connectivity index (χ2n) is 4.60. The van der Waals surface area contributed by atoms with Crippen LogP contribution in [0, 0.1) is 18.3 Å². The highest BCUT2D eigenvalue weighted by Gasteiger charge is 2.29. The van der Waals surface area contributed by atoms with E-state index < -0.39 is 0 Å². The number of hydrogen-bond acceptors (Lipinski definition) is 6. The van der Waals surface area contributed by atoms with Gasteiger partial charge in [-0.15, -0.1) is 0 Å². The van der Waals surface area contributed by atoms with Crippen molar-refractivity contribution in [3.8, 4) is 6.07 Å². The highest BCUT2D eigenvalue weighted by Crippen LogP contribution is 2.30. The summed E-state index contributed by atoms with van der Waals surface area (Å²) < 4.78 is 5.22. The molecule has 2 aromatic rings. The van der Waals surface area contributed by atoms with E-state index in [1.54, 1.807) is 18.3 Å². The molecule has 6 heteroatoms. The van der Waals surface area contributed by atoms with E-state index in [-0.39, 0.29) is 5.92 Å². The molecule has 19 heavy (non-hydrogen) atoms. The number of rotatable bonds is 2. The van der Waals surface area contributed by atoms with Crippen molar-refractivity contribution in [3.63, 3.8) is 0 Å². The van der Waals surface area contributed by atoms with E-state index in [2.05, 4.69) is 26.1 Å². The first kappa shape index (κ1) is 11.7. The predicted octanol–water partition coefficient (Wildman–Crippen LogP) is 1.64. The van der Waals surface area contributed by atoms with Crippen molar-refractivity contribution >= 4 is 5.82 Å². The number of aryl methyl sites for hydroxylation is 1. The third-order valence-corrected chi connectivity index (χ3v) is 3.29. The third kappa shape index (κ3) is 2.15. The maximum atomic E-state index is 9.11. The van der Waals surface area contributed by atoms with Crippen LogP contribution in [0.5, 0.6) is 0 Å². The fourth-order valence-electron chi connectivity index (χ4n) is 2.37. The number of nitrogens with zero attached hydrogens (tertiary/aromatic N) is 5. The molecule has 96 valence electrons. The summed E-state index contributed by atoms with van der Waals surface area (Å²) in [5.41, 5.74) is 0.602. The number of nitriles is 1. The standard InChI is InChI=1S/C13H13N5O/c1-9-16-13(19-17-9)11-4-6-18(8-11)12-10(7-14)3-2-5-15-12/h2-3,5,11H,4,6,8H2,1H3/t11-/m1/s1. The summed E-state index contributed by atoms with van der Waals surface area (Å²) in [4.78, 5) is 10.7. The number of aromatic nitrogens is 3. The van der Waals surface area contributed by atoms with Crippen molar-refractivity contribution in [2.75, 3.05) is 18.0 Å². The van der Waals surface area contributed by atoms with Gasteiger partial charge in [-0.25, -0.2) is 4.98 Å². The zero-order chi connectivity index (χ0) is 13.2. The van der Waals surface area contributed by atoms with Crippen molar-refractivity contribution in [1.29, 1.82) is 5.26 Å². The molecule has 0 aliphatic carbocycles. The van der Waals surface area contributed by atoms with E-state index in [0.29, 0.717) is 17.3 Å². The highest BCUT2D eigenvalue weighted by molar-refractivity contribution is 5.54. The van der Waals surface area contributed by atoms with E-state index in [4.69, 9.17) is 9.78 Å². The first-order chi connectivity index (χ1) is 9.28. The van der Waals surface area contributed by atoms with E-state index in [1.807, 2.05) is 6.92 Å². The maximum absolute atomic E-state index is 9.11. The molecule has 1 atom stereocenters. The molecule has 0 N–H and O–H groups in total. The molecule has 2 aromatic heterocycles. The van der Waals surface area contributed by atoms with Gasteiger partial charge in [-0.3, -0.25) is 0 Å². The van der Waals surface area contributed by atoms with Crippen LogP contribution in [-0.2, 0) is 0 Å². The van der Waals surface area contributed by atoms with Crippen molar-refractivity contribution in [2.45, 2.75) is 19.3 Å². The summed E-state index contributed by atoms with van der Waals surface area (Å²) in [6.45, 7) is 3.41. The van der Waals surface area contributed by atoms with Gasteiger partial charge in [-0.05, 0) is 25.5 Å². The number of pyridine rings is 1. The van der Waals surface area contributed by atoms with Gasteiger partial charge in [0.15, 0.2) is 5.82 Å². The normalized spacial score (nSPS) is 18.5. The van der Waals surface area contributed by atoms with Gasteiger partial charge in [0.1, 0.15) is 11.9 Å². The second-order valence-corrected chi connectivity index (χ2v) is 4.60. The molecule has 1 fully saturated rings. The van der Waals surface area contributed by atoms with E-state index in [1.165, 1.54) is 0 Å². The van der Waals surface area contributed by atoms with Crippen molar-refractivity contribution in [2.24, 2.45) is 0 Å². The Kier molecular flexibility index (Phi) is 2.88. The average molecular weight is 255 g/mol. The van der Waals surface area contributed by atoms with Gasteiger partial charge in [-0.2, -0.15) is 10.2 Å². The van der Waals surface area contributed by atoms with Crippen LogP contribution >= 0.6 is 0 Å². The Bertz CT molecular complexity index is 630. The maximum Gasteiger partial charge on any atom is 0.231 e. The van der Waals surface area contributed by atoms with E-state index >= 15 is 0 Å². The first-order valence-electron chi connectivity index (χ1n) is 6.18. The minimum absolute atomic E-state index is 0.217. The Hall–Kier alpha value is -2.42. The molecule has 0 spiro atoms. The highest BCUT2D eigenvalue weighted by atomic mass is 16.5. The van der Waals surface area contributed by atoms with Crippen LogP contribution in [0.3, 0.4) is 0 Å². The van der Waals surface area contributed by atoms with Crippen LogP contribution in [0.4, 0.5) is 5.82 Å². The van der Waals surface area contributed by atoms with Crippen LogP contribution < -0.4 is 4.90 Å². The summed E-state index contributed by atoms with van der Waals surface area (Å²) in [7, 11) is 0. The van der Waals surface area contributed by atoms with Crippen molar-refractivity contribution in [1.82, 2.24) is 15.1 Å². The SMILES string of the molecule is Cc1noc([C@@H]2CCN(c3ncccc3C#N)C2)n1. The molecule has 0 aromatic carbocycles. The molecule has 1 saturated heterocycles. The quantitative estimate of drug-likeness (QED) is 0.811. The lowest BCUT2D eigenvalue weighted by molar-refractivity contribution is 0.356. The molecule has 6 nitrogen and oxygen atoms in total.